The van der Waals surface area contributed by atoms with Crippen molar-refractivity contribution in [1.29, 1.82) is 0 Å². The standard InChI is InChI=1S/C20H34O4/c1-3-23-18(21)20(19(22)24-4-2,17-12-6-5-7-13-17)15-14-16-10-8-9-11-16/h16-17H,3-15H2,1-2H3. The van der Waals surface area contributed by atoms with Gasteiger partial charge in [-0.15, -0.1) is 0 Å². The van der Waals surface area contributed by atoms with Gasteiger partial charge in [-0.25, -0.2) is 0 Å². The molecule has 4 heteroatoms. The first-order valence-electron chi connectivity index (χ1n) is 9.99. The van der Waals surface area contributed by atoms with Crippen molar-refractivity contribution in [3.8, 4) is 0 Å². The Morgan fingerprint density at radius 1 is 0.833 bits per heavy atom. The zero-order valence-electron chi connectivity index (χ0n) is 15.5. The minimum absolute atomic E-state index is 0.0748. The van der Waals surface area contributed by atoms with Gasteiger partial charge in [0, 0.05) is 0 Å². The molecule has 0 aromatic carbocycles. The molecule has 2 saturated carbocycles. The van der Waals surface area contributed by atoms with Crippen LogP contribution in [0.5, 0.6) is 0 Å². The normalized spacial score (nSPS) is 20.1. The van der Waals surface area contributed by atoms with Crippen molar-refractivity contribution in [2.75, 3.05) is 13.2 Å². The van der Waals surface area contributed by atoms with Crippen LogP contribution >= 0.6 is 0 Å². The fourth-order valence-corrected chi connectivity index (χ4v) is 4.67. The molecular weight excluding hydrogens is 304 g/mol. The van der Waals surface area contributed by atoms with Crippen molar-refractivity contribution in [2.45, 2.75) is 84.5 Å². The summed E-state index contributed by atoms with van der Waals surface area (Å²) in [5.41, 5.74) is -1.07. The molecule has 0 unspecified atom stereocenters. The molecule has 0 atom stereocenters. The zero-order valence-corrected chi connectivity index (χ0v) is 15.5. The van der Waals surface area contributed by atoms with Crippen molar-refractivity contribution >= 4 is 11.9 Å². The van der Waals surface area contributed by atoms with Crippen LogP contribution in [0.4, 0.5) is 0 Å². The SMILES string of the molecule is CCOC(=O)C(CCC1CCCC1)(C(=O)OCC)C1CCCCC1. The lowest BCUT2D eigenvalue weighted by Gasteiger charge is -2.39. The molecule has 4 nitrogen and oxygen atoms in total. The Labute approximate surface area is 146 Å². The van der Waals surface area contributed by atoms with E-state index in [0.29, 0.717) is 25.6 Å². The van der Waals surface area contributed by atoms with E-state index in [0.717, 1.165) is 32.1 Å². The molecule has 0 aromatic heterocycles. The van der Waals surface area contributed by atoms with Crippen LogP contribution in [0.1, 0.15) is 84.5 Å². The lowest BCUT2D eigenvalue weighted by molar-refractivity contribution is -0.179. The van der Waals surface area contributed by atoms with Gasteiger partial charge in [0.2, 0.25) is 0 Å². The predicted octanol–water partition coefficient (Wildman–Crippen LogP) is 4.65. The number of esters is 2. The Morgan fingerprint density at radius 2 is 1.33 bits per heavy atom. The summed E-state index contributed by atoms with van der Waals surface area (Å²) in [5.74, 6) is 0.0456. The van der Waals surface area contributed by atoms with Gasteiger partial charge >= 0.3 is 11.9 Å². The number of hydrogen-bond acceptors (Lipinski definition) is 4. The van der Waals surface area contributed by atoms with E-state index in [4.69, 9.17) is 9.47 Å². The van der Waals surface area contributed by atoms with Crippen LogP contribution in [-0.4, -0.2) is 25.2 Å². The Kier molecular flexibility index (Phi) is 7.57. The first kappa shape index (κ1) is 19.3. The third-order valence-electron chi connectivity index (χ3n) is 6.00. The summed E-state index contributed by atoms with van der Waals surface area (Å²) >= 11 is 0. The third kappa shape index (κ3) is 4.31. The molecule has 0 radical (unpaired) electrons. The van der Waals surface area contributed by atoms with Gasteiger partial charge in [0.15, 0.2) is 5.41 Å². The molecule has 138 valence electrons. The number of carbonyl (C=O) groups excluding carboxylic acids is 2. The molecule has 0 saturated heterocycles. The Morgan fingerprint density at radius 3 is 1.83 bits per heavy atom. The van der Waals surface area contributed by atoms with Gasteiger partial charge in [-0.2, -0.15) is 0 Å². The highest BCUT2D eigenvalue weighted by molar-refractivity contribution is 6.00. The van der Waals surface area contributed by atoms with Crippen molar-refractivity contribution in [1.82, 2.24) is 0 Å². The number of carbonyl (C=O) groups is 2. The highest BCUT2D eigenvalue weighted by Crippen LogP contribution is 2.46. The molecule has 0 spiro atoms. The summed E-state index contributed by atoms with van der Waals surface area (Å²) in [6, 6.07) is 0. The summed E-state index contributed by atoms with van der Waals surface area (Å²) in [5, 5.41) is 0. The minimum atomic E-state index is -1.07. The van der Waals surface area contributed by atoms with Crippen molar-refractivity contribution in [2.24, 2.45) is 17.3 Å². The van der Waals surface area contributed by atoms with E-state index in [2.05, 4.69) is 0 Å². The average Bonchev–Trinajstić information content (AvgIpc) is 3.10. The lowest BCUT2D eigenvalue weighted by Crippen LogP contribution is -2.48. The molecule has 0 heterocycles. The second kappa shape index (κ2) is 9.43. The average molecular weight is 338 g/mol. The van der Waals surface area contributed by atoms with Gasteiger partial charge in [-0.1, -0.05) is 44.9 Å². The van der Waals surface area contributed by atoms with E-state index >= 15 is 0 Å². The summed E-state index contributed by atoms with van der Waals surface area (Å²) < 4.78 is 10.8. The maximum Gasteiger partial charge on any atom is 0.323 e. The van der Waals surface area contributed by atoms with E-state index in [-0.39, 0.29) is 17.9 Å². The van der Waals surface area contributed by atoms with Crippen LogP contribution in [0.2, 0.25) is 0 Å². The maximum atomic E-state index is 13.0. The molecule has 2 fully saturated rings. The molecule has 0 amide bonds. The highest BCUT2D eigenvalue weighted by atomic mass is 16.6. The fraction of sp³-hybridized carbons (Fsp3) is 0.900. The van der Waals surface area contributed by atoms with E-state index < -0.39 is 5.41 Å². The van der Waals surface area contributed by atoms with Crippen LogP contribution in [-0.2, 0) is 19.1 Å². The van der Waals surface area contributed by atoms with Crippen LogP contribution in [0.3, 0.4) is 0 Å². The van der Waals surface area contributed by atoms with Gasteiger partial charge in [0.1, 0.15) is 0 Å². The third-order valence-corrected chi connectivity index (χ3v) is 6.00. The molecule has 0 bridgehead atoms. The second-order valence-corrected chi connectivity index (χ2v) is 7.44. The lowest BCUT2D eigenvalue weighted by atomic mass is 9.65. The molecule has 2 rings (SSSR count). The molecule has 0 N–H and O–H groups in total. The Balaban J connectivity index is 2.24. The molecular formula is C20H34O4. The van der Waals surface area contributed by atoms with Gasteiger partial charge in [0.25, 0.3) is 0 Å². The number of hydrogen-bond donors (Lipinski definition) is 0. The Hall–Kier alpha value is -1.06. The molecule has 24 heavy (non-hydrogen) atoms. The first-order chi connectivity index (χ1) is 11.6. The topological polar surface area (TPSA) is 52.6 Å². The predicted molar refractivity (Wildman–Crippen MR) is 93.5 cm³/mol. The van der Waals surface area contributed by atoms with Crippen LogP contribution in [0, 0.1) is 17.3 Å². The quantitative estimate of drug-likeness (QED) is 0.477. The van der Waals surface area contributed by atoms with Crippen molar-refractivity contribution < 1.29 is 19.1 Å². The van der Waals surface area contributed by atoms with Crippen LogP contribution in [0.25, 0.3) is 0 Å². The molecule has 2 aliphatic carbocycles. The maximum absolute atomic E-state index is 13.0. The molecule has 2 aliphatic rings. The summed E-state index contributed by atoms with van der Waals surface area (Å²) in [7, 11) is 0. The van der Waals surface area contributed by atoms with Crippen LogP contribution in [0.15, 0.2) is 0 Å². The molecule has 0 aliphatic heterocycles. The van der Waals surface area contributed by atoms with E-state index in [1.165, 1.54) is 32.1 Å². The minimum Gasteiger partial charge on any atom is -0.465 e. The van der Waals surface area contributed by atoms with Crippen LogP contribution < -0.4 is 0 Å². The van der Waals surface area contributed by atoms with Gasteiger partial charge in [-0.3, -0.25) is 9.59 Å². The van der Waals surface area contributed by atoms with Gasteiger partial charge < -0.3 is 9.47 Å². The fourth-order valence-electron chi connectivity index (χ4n) is 4.67. The van der Waals surface area contributed by atoms with Gasteiger partial charge in [-0.05, 0) is 51.4 Å². The second-order valence-electron chi connectivity index (χ2n) is 7.44. The number of ether oxygens (including phenoxy) is 2. The summed E-state index contributed by atoms with van der Waals surface area (Å²) in [6.07, 6.45) is 11.8. The zero-order chi connectivity index (χ0) is 17.4. The molecule has 0 aromatic rings. The van der Waals surface area contributed by atoms with Gasteiger partial charge in [0.05, 0.1) is 13.2 Å². The van der Waals surface area contributed by atoms with E-state index in [9.17, 15) is 9.59 Å². The Bertz CT molecular complexity index is 388. The van der Waals surface area contributed by atoms with E-state index in [1.807, 2.05) is 13.8 Å². The monoisotopic (exact) mass is 338 g/mol. The smallest absolute Gasteiger partial charge is 0.323 e. The highest BCUT2D eigenvalue weighted by Gasteiger charge is 2.54. The van der Waals surface area contributed by atoms with E-state index in [1.54, 1.807) is 0 Å². The van der Waals surface area contributed by atoms with Crippen molar-refractivity contribution in [3.05, 3.63) is 0 Å². The van der Waals surface area contributed by atoms with Crippen molar-refractivity contribution in [3.63, 3.8) is 0 Å². The summed E-state index contributed by atoms with van der Waals surface area (Å²) in [4.78, 5) is 25.9. The largest absolute Gasteiger partial charge is 0.465 e. The summed E-state index contributed by atoms with van der Waals surface area (Å²) in [6.45, 7) is 4.25. The number of rotatable bonds is 8. The first-order valence-corrected chi connectivity index (χ1v) is 9.99.